The number of aliphatic imine (C=N–C) groups is 1. The Hall–Kier alpha value is -2.18. The summed E-state index contributed by atoms with van der Waals surface area (Å²) < 4.78 is 4.78. The van der Waals surface area contributed by atoms with Crippen LogP contribution in [-0.4, -0.2) is 31.7 Å². The van der Waals surface area contributed by atoms with Crippen molar-refractivity contribution >= 4 is 34.0 Å². The van der Waals surface area contributed by atoms with Crippen molar-refractivity contribution in [3.63, 3.8) is 0 Å². The first-order valence-corrected chi connectivity index (χ1v) is 7.68. The summed E-state index contributed by atoms with van der Waals surface area (Å²) in [6.07, 6.45) is 1.55. The first-order chi connectivity index (χ1) is 11.1. The van der Waals surface area contributed by atoms with E-state index in [1.807, 2.05) is 0 Å². The van der Waals surface area contributed by atoms with Crippen molar-refractivity contribution in [2.45, 2.75) is 12.8 Å². The molecule has 6 heteroatoms. The highest BCUT2D eigenvalue weighted by Crippen LogP contribution is 2.11. The molecule has 0 radical (unpaired) electrons. The molecule has 0 saturated heterocycles. The summed E-state index contributed by atoms with van der Waals surface area (Å²) >= 11 is 4.80. The summed E-state index contributed by atoms with van der Waals surface area (Å²) in [7, 11) is 3.06. The van der Waals surface area contributed by atoms with E-state index >= 15 is 0 Å². The van der Waals surface area contributed by atoms with E-state index in [1.165, 1.54) is 17.8 Å². The largest absolute Gasteiger partial charge is 0.490 e. The van der Waals surface area contributed by atoms with Crippen LogP contribution in [0.15, 0.2) is 53.5 Å². The van der Waals surface area contributed by atoms with Gasteiger partial charge in [-0.25, -0.2) is 0 Å². The van der Waals surface area contributed by atoms with Crippen LogP contribution in [0.5, 0.6) is 0 Å². The van der Waals surface area contributed by atoms with Crippen LogP contribution in [0.25, 0.3) is 10.8 Å². The molecule has 0 fully saturated rings. The fraction of sp³-hybridized carbons (Fsp3) is 0.294. The smallest absolute Gasteiger partial charge is 0.185 e. The van der Waals surface area contributed by atoms with Gasteiger partial charge in [-0.15, -0.1) is 0 Å². The number of hydrogen-bond donors (Lipinski definition) is 3. The Bertz CT molecular complexity index is 532. The Morgan fingerprint density at radius 1 is 1.00 bits per heavy atom. The van der Waals surface area contributed by atoms with Gasteiger partial charge >= 0.3 is 0 Å². The van der Waals surface area contributed by atoms with Crippen molar-refractivity contribution < 1.29 is 4.74 Å². The standard InChI is InChI=1S/C10H8.C6H13N3OS.CH5N/c1-2-6-10-8-4-3-7-9(10)5-1;1-10-5(11)3-2-4-9-6(7)8;1-2/h1-8H;2-4H2,1H3,(H4,7,8,9);2H2,1H3. The minimum Gasteiger partial charge on any atom is -0.490 e. The molecule has 0 saturated carbocycles. The fourth-order valence-corrected chi connectivity index (χ4v) is 1.81. The first kappa shape index (κ1) is 20.8. The second-order valence-corrected chi connectivity index (χ2v) is 4.79. The highest BCUT2D eigenvalue weighted by Gasteiger charge is 1.93. The molecule has 5 nitrogen and oxygen atoms in total. The second kappa shape index (κ2) is 13.5. The first-order valence-electron chi connectivity index (χ1n) is 7.27. The van der Waals surface area contributed by atoms with E-state index in [4.69, 9.17) is 28.4 Å². The lowest BCUT2D eigenvalue weighted by Gasteiger charge is -1.99. The van der Waals surface area contributed by atoms with Crippen LogP contribution in [0.2, 0.25) is 0 Å². The monoisotopic (exact) mass is 334 g/mol. The van der Waals surface area contributed by atoms with Crippen LogP contribution in [0.4, 0.5) is 0 Å². The molecule has 0 aliphatic rings. The molecule has 0 bridgehead atoms. The van der Waals surface area contributed by atoms with Crippen molar-refractivity contribution in [3.05, 3.63) is 48.5 Å². The third-order valence-corrected chi connectivity index (χ3v) is 3.09. The predicted molar refractivity (Wildman–Crippen MR) is 104 cm³/mol. The van der Waals surface area contributed by atoms with Gasteiger partial charge < -0.3 is 21.9 Å². The Morgan fingerprint density at radius 3 is 1.78 bits per heavy atom. The molecular weight excluding hydrogens is 308 g/mol. The Balaban J connectivity index is 0.000000380. The van der Waals surface area contributed by atoms with Gasteiger partial charge in [0.25, 0.3) is 0 Å². The highest BCUT2D eigenvalue weighted by atomic mass is 32.1. The minimum atomic E-state index is 0.119. The number of ether oxygens (including phenoxy) is 1. The van der Waals surface area contributed by atoms with Gasteiger partial charge in [-0.3, -0.25) is 4.99 Å². The maximum atomic E-state index is 5.11. The Morgan fingerprint density at radius 2 is 1.43 bits per heavy atom. The van der Waals surface area contributed by atoms with Gasteiger partial charge in [0.05, 0.1) is 7.11 Å². The molecule has 126 valence electrons. The van der Waals surface area contributed by atoms with E-state index in [0.717, 1.165) is 12.8 Å². The van der Waals surface area contributed by atoms with E-state index in [-0.39, 0.29) is 5.96 Å². The van der Waals surface area contributed by atoms with E-state index in [0.29, 0.717) is 11.6 Å². The number of methoxy groups -OCH3 is 1. The maximum absolute atomic E-state index is 5.11. The molecule has 0 unspecified atom stereocenters. The summed E-state index contributed by atoms with van der Waals surface area (Å²) in [5.41, 5.74) is 14.7. The number of guanidine groups is 1. The van der Waals surface area contributed by atoms with Crippen molar-refractivity contribution in [1.29, 1.82) is 0 Å². The molecule has 0 heterocycles. The molecule has 6 N–H and O–H groups in total. The average Bonchev–Trinajstić information content (AvgIpc) is 2.60. The lowest BCUT2D eigenvalue weighted by Crippen LogP contribution is -2.23. The molecule has 0 aliphatic heterocycles. The van der Waals surface area contributed by atoms with Gasteiger partial charge in [0.15, 0.2) is 11.0 Å². The van der Waals surface area contributed by atoms with Crippen LogP contribution >= 0.6 is 12.2 Å². The van der Waals surface area contributed by atoms with Gasteiger partial charge in [0, 0.05) is 13.0 Å². The highest BCUT2D eigenvalue weighted by molar-refractivity contribution is 7.80. The Labute approximate surface area is 143 Å². The van der Waals surface area contributed by atoms with Gasteiger partial charge in [0.1, 0.15) is 0 Å². The zero-order chi connectivity index (χ0) is 17.5. The van der Waals surface area contributed by atoms with Crippen LogP contribution in [0, 0.1) is 0 Å². The van der Waals surface area contributed by atoms with Crippen molar-refractivity contribution in [3.8, 4) is 0 Å². The zero-order valence-corrected chi connectivity index (χ0v) is 14.6. The molecule has 23 heavy (non-hydrogen) atoms. The lowest BCUT2D eigenvalue weighted by atomic mass is 10.1. The summed E-state index contributed by atoms with van der Waals surface area (Å²) in [5, 5.41) is 3.21. The number of thiocarbonyl (C=S) groups is 1. The van der Waals surface area contributed by atoms with Crippen LogP contribution in [0.3, 0.4) is 0 Å². The topological polar surface area (TPSA) is 99.6 Å². The molecule has 0 amide bonds. The Kier molecular flexibility index (Phi) is 12.2. The molecule has 2 aromatic carbocycles. The van der Waals surface area contributed by atoms with Gasteiger partial charge in [-0.2, -0.15) is 0 Å². The van der Waals surface area contributed by atoms with Gasteiger partial charge in [0.2, 0.25) is 0 Å². The summed E-state index contributed by atoms with van der Waals surface area (Å²) in [6.45, 7) is 0.603. The predicted octanol–water partition coefficient (Wildman–Crippen LogP) is 2.43. The van der Waals surface area contributed by atoms with Crippen molar-refractivity contribution in [2.75, 3.05) is 20.7 Å². The number of fused-ring (bicyclic) bond motifs is 1. The van der Waals surface area contributed by atoms with E-state index in [9.17, 15) is 0 Å². The van der Waals surface area contributed by atoms with Gasteiger partial charge in [-0.05, 0) is 36.5 Å². The van der Waals surface area contributed by atoms with E-state index in [2.05, 4.69) is 59.3 Å². The van der Waals surface area contributed by atoms with E-state index < -0.39 is 0 Å². The number of nitrogens with zero attached hydrogens (tertiary/aromatic N) is 1. The summed E-state index contributed by atoms with van der Waals surface area (Å²) in [6, 6.07) is 16.7. The number of hydrogen-bond acceptors (Lipinski definition) is 4. The average molecular weight is 334 g/mol. The van der Waals surface area contributed by atoms with Gasteiger partial charge in [-0.1, -0.05) is 48.5 Å². The maximum Gasteiger partial charge on any atom is 0.185 e. The SMILES string of the molecule is CN.COC(=S)CCCN=C(N)N.c1ccc2ccccc2c1. The number of rotatable bonds is 4. The third-order valence-electron chi connectivity index (χ3n) is 2.72. The fourth-order valence-electron chi connectivity index (χ4n) is 1.67. The van der Waals surface area contributed by atoms with E-state index in [1.54, 1.807) is 7.11 Å². The number of benzene rings is 2. The third kappa shape index (κ3) is 10.2. The summed E-state index contributed by atoms with van der Waals surface area (Å²) in [4.78, 5) is 3.79. The molecule has 2 rings (SSSR count). The van der Waals surface area contributed by atoms with Crippen LogP contribution < -0.4 is 17.2 Å². The molecule has 2 aromatic rings. The van der Waals surface area contributed by atoms with Crippen molar-refractivity contribution in [2.24, 2.45) is 22.2 Å². The molecule has 0 aliphatic carbocycles. The minimum absolute atomic E-state index is 0.119. The second-order valence-electron chi connectivity index (χ2n) is 4.33. The quantitative estimate of drug-likeness (QED) is 0.345. The van der Waals surface area contributed by atoms with Crippen molar-refractivity contribution in [1.82, 2.24) is 0 Å². The summed E-state index contributed by atoms with van der Waals surface area (Å²) in [5.74, 6) is 0.119. The zero-order valence-electron chi connectivity index (χ0n) is 13.7. The number of nitrogens with two attached hydrogens (primary N) is 3. The molecule has 0 spiro atoms. The lowest BCUT2D eigenvalue weighted by molar-refractivity contribution is 0.401. The molecular formula is C17H26N4OS. The molecule has 0 aromatic heterocycles. The normalized spacial score (nSPS) is 8.83. The van der Waals surface area contributed by atoms with Crippen LogP contribution in [0.1, 0.15) is 12.8 Å². The van der Waals surface area contributed by atoms with Crippen LogP contribution in [-0.2, 0) is 4.74 Å². The molecule has 0 atom stereocenters.